The van der Waals surface area contributed by atoms with Gasteiger partial charge in [0.05, 0.1) is 0 Å². The molecule has 10 heteroatoms. The van der Waals surface area contributed by atoms with Crippen LogP contribution in [0.1, 0.15) is 32.3 Å². The largest absolute Gasteiger partial charge is 0.484 e. The van der Waals surface area contributed by atoms with Crippen molar-refractivity contribution in [2.24, 2.45) is 0 Å². The van der Waals surface area contributed by atoms with E-state index < -0.39 is 11.8 Å². The standard InChI is InChI=1S/C23H22N4O4S2/c1-13-8-9-16(10-14(13)2)30-11-20(28)25-26-22(29)21-18(12-32-23-27-24-15(3)33-23)17-6-4-5-7-19(17)31-21/h4-10H,11-12H2,1-3H3,(H,25,28)(H,26,29). The molecule has 0 aliphatic carbocycles. The molecular weight excluding hydrogens is 460 g/mol. The molecule has 2 heterocycles. The lowest BCUT2D eigenvalue weighted by molar-refractivity contribution is -0.123. The Labute approximate surface area is 198 Å². The molecule has 8 nitrogen and oxygen atoms in total. The summed E-state index contributed by atoms with van der Waals surface area (Å²) >= 11 is 2.96. The number of ether oxygens (including phenoxy) is 1. The monoisotopic (exact) mass is 482 g/mol. The van der Waals surface area contributed by atoms with Gasteiger partial charge in [-0.05, 0) is 50.1 Å². The third kappa shape index (κ3) is 5.52. The van der Waals surface area contributed by atoms with Crippen LogP contribution in [-0.4, -0.2) is 28.6 Å². The fourth-order valence-electron chi connectivity index (χ4n) is 3.07. The minimum Gasteiger partial charge on any atom is -0.484 e. The molecule has 0 unspecified atom stereocenters. The smallest absolute Gasteiger partial charge is 0.305 e. The Balaban J connectivity index is 1.40. The molecule has 0 aliphatic heterocycles. The fraction of sp³-hybridized carbons (Fsp3) is 0.217. The number of carbonyl (C=O) groups is 2. The fourth-order valence-corrected chi connectivity index (χ4v) is 4.91. The SMILES string of the molecule is Cc1nnc(SCc2c(C(=O)NNC(=O)COc3ccc(C)c(C)c3)oc3ccccc23)s1. The Morgan fingerprint density at radius 3 is 2.64 bits per heavy atom. The van der Waals surface area contributed by atoms with Crippen molar-refractivity contribution in [1.82, 2.24) is 21.0 Å². The van der Waals surface area contributed by atoms with Gasteiger partial charge in [0.15, 0.2) is 16.7 Å². The molecule has 2 amide bonds. The van der Waals surface area contributed by atoms with Crippen molar-refractivity contribution in [2.45, 2.75) is 30.9 Å². The first-order valence-electron chi connectivity index (χ1n) is 10.1. The Kier molecular flexibility index (Phi) is 6.95. The first-order chi connectivity index (χ1) is 15.9. The van der Waals surface area contributed by atoms with Crippen LogP contribution in [0, 0.1) is 20.8 Å². The molecule has 0 fully saturated rings. The maximum absolute atomic E-state index is 12.8. The average Bonchev–Trinajstić information content (AvgIpc) is 3.39. The van der Waals surface area contributed by atoms with Crippen LogP contribution in [0.3, 0.4) is 0 Å². The van der Waals surface area contributed by atoms with Crippen LogP contribution in [0.4, 0.5) is 0 Å². The van der Waals surface area contributed by atoms with Crippen LogP contribution in [0.5, 0.6) is 5.75 Å². The van der Waals surface area contributed by atoms with Gasteiger partial charge in [-0.15, -0.1) is 10.2 Å². The third-order valence-corrected chi connectivity index (χ3v) is 6.91. The molecule has 0 saturated heterocycles. The number of rotatable bonds is 7. The van der Waals surface area contributed by atoms with Gasteiger partial charge in [0.25, 0.3) is 5.91 Å². The summed E-state index contributed by atoms with van der Waals surface area (Å²) in [6, 6.07) is 13.0. The number of furan rings is 1. The highest BCUT2D eigenvalue weighted by Crippen LogP contribution is 2.33. The van der Waals surface area contributed by atoms with Crippen LogP contribution in [0.2, 0.25) is 0 Å². The van der Waals surface area contributed by atoms with Crippen molar-refractivity contribution >= 4 is 45.9 Å². The number of benzene rings is 2. The van der Waals surface area contributed by atoms with E-state index in [4.69, 9.17) is 9.15 Å². The quantitative estimate of drug-likeness (QED) is 0.298. The van der Waals surface area contributed by atoms with E-state index in [1.165, 1.54) is 23.1 Å². The van der Waals surface area contributed by atoms with Crippen molar-refractivity contribution in [3.05, 3.63) is 69.9 Å². The van der Waals surface area contributed by atoms with Crippen molar-refractivity contribution in [1.29, 1.82) is 0 Å². The second-order valence-electron chi connectivity index (χ2n) is 7.32. The van der Waals surface area contributed by atoms with E-state index >= 15 is 0 Å². The number of amides is 2. The number of carbonyl (C=O) groups excluding carboxylic acids is 2. The number of thioether (sulfide) groups is 1. The molecule has 4 aromatic rings. The second kappa shape index (κ2) is 10.1. The summed E-state index contributed by atoms with van der Waals surface area (Å²) in [6.07, 6.45) is 0. The van der Waals surface area contributed by atoms with E-state index in [2.05, 4.69) is 21.0 Å². The van der Waals surface area contributed by atoms with Gasteiger partial charge >= 0.3 is 5.91 Å². The number of hydrogen-bond donors (Lipinski definition) is 2. The molecule has 2 N–H and O–H groups in total. The van der Waals surface area contributed by atoms with E-state index in [9.17, 15) is 9.59 Å². The Hall–Kier alpha value is -3.37. The van der Waals surface area contributed by atoms with Crippen LogP contribution in [0.15, 0.2) is 51.2 Å². The summed E-state index contributed by atoms with van der Waals surface area (Å²) in [4.78, 5) is 25.0. The predicted octanol–water partition coefficient (Wildman–Crippen LogP) is 4.34. The summed E-state index contributed by atoms with van der Waals surface area (Å²) in [6.45, 7) is 5.63. The molecule has 4 rings (SSSR count). The molecule has 0 spiro atoms. The lowest BCUT2D eigenvalue weighted by Gasteiger charge is -2.10. The normalized spacial score (nSPS) is 10.9. The molecular formula is C23H22N4O4S2. The number of aryl methyl sites for hydroxylation is 3. The minimum atomic E-state index is -0.547. The van der Waals surface area contributed by atoms with Crippen molar-refractivity contribution in [2.75, 3.05) is 6.61 Å². The van der Waals surface area contributed by atoms with Crippen molar-refractivity contribution in [3.8, 4) is 5.75 Å². The summed E-state index contributed by atoms with van der Waals surface area (Å²) < 4.78 is 12.1. The minimum absolute atomic E-state index is 0.139. The molecule has 0 radical (unpaired) electrons. The molecule has 2 aromatic heterocycles. The van der Waals surface area contributed by atoms with Gasteiger partial charge in [-0.3, -0.25) is 20.4 Å². The first-order valence-corrected chi connectivity index (χ1v) is 11.9. The Morgan fingerprint density at radius 2 is 1.88 bits per heavy atom. The summed E-state index contributed by atoms with van der Waals surface area (Å²) in [5.74, 6) is 0.161. The second-order valence-corrected chi connectivity index (χ2v) is 9.72. The molecule has 33 heavy (non-hydrogen) atoms. The third-order valence-electron chi connectivity index (χ3n) is 4.92. The molecule has 0 aliphatic rings. The zero-order chi connectivity index (χ0) is 23.4. The maximum atomic E-state index is 12.8. The number of hydrazine groups is 1. The number of nitrogens with zero attached hydrogens (tertiary/aromatic N) is 2. The molecule has 2 aromatic carbocycles. The highest BCUT2D eigenvalue weighted by Gasteiger charge is 2.21. The van der Waals surface area contributed by atoms with Crippen LogP contribution in [0.25, 0.3) is 11.0 Å². The number of aromatic nitrogens is 2. The zero-order valence-corrected chi connectivity index (χ0v) is 19.9. The number of hydrogen-bond acceptors (Lipinski definition) is 8. The van der Waals surface area contributed by atoms with Gasteiger partial charge in [0, 0.05) is 16.7 Å². The van der Waals surface area contributed by atoms with Gasteiger partial charge in [-0.25, -0.2) is 0 Å². The lowest BCUT2D eigenvalue weighted by Crippen LogP contribution is -2.44. The highest BCUT2D eigenvalue weighted by molar-refractivity contribution is 8.00. The van der Waals surface area contributed by atoms with E-state index in [0.717, 1.165) is 31.4 Å². The zero-order valence-electron chi connectivity index (χ0n) is 18.3. The highest BCUT2D eigenvalue weighted by atomic mass is 32.2. The average molecular weight is 483 g/mol. The van der Waals surface area contributed by atoms with E-state index in [0.29, 0.717) is 17.1 Å². The topological polar surface area (TPSA) is 106 Å². The predicted molar refractivity (Wildman–Crippen MR) is 127 cm³/mol. The lowest BCUT2D eigenvalue weighted by atomic mass is 10.1. The maximum Gasteiger partial charge on any atom is 0.305 e. The number of nitrogens with one attached hydrogen (secondary N) is 2. The van der Waals surface area contributed by atoms with Crippen molar-refractivity contribution in [3.63, 3.8) is 0 Å². The van der Waals surface area contributed by atoms with Crippen molar-refractivity contribution < 1.29 is 18.7 Å². The van der Waals surface area contributed by atoms with E-state index in [1.807, 2.05) is 51.1 Å². The van der Waals surface area contributed by atoms with E-state index in [1.54, 1.807) is 12.1 Å². The Bertz CT molecular complexity index is 1320. The number of fused-ring (bicyclic) bond motifs is 1. The van der Waals surface area contributed by atoms with Gasteiger partial charge < -0.3 is 9.15 Å². The summed E-state index contributed by atoms with van der Waals surface area (Å²) in [7, 11) is 0. The molecule has 0 bridgehead atoms. The van der Waals surface area contributed by atoms with Gasteiger partial charge in [-0.2, -0.15) is 0 Å². The van der Waals surface area contributed by atoms with Crippen LogP contribution in [-0.2, 0) is 10.5 Å². The van der Waals surface area contributed by atoms with E-state index in [-0.39, 0.29) is 12.4 Å². The van der Waals surface area contributed by atoms with Gasteiger partial charge in [0.2, 0.25) is 0 Å². The number of para-hydroxylation sites is 1. The van der Waals surface area contributed by atoms with Crippen LogP contribution >= 0.6 is 23.1 Å². The first kappa shape index (κ1) is 22.8. The summed E-state index contributed by atoms with van der Waals surface area (Å²) in [5.41, 5.74) is 8.31. The van der Waals surface area contributed by atoms with Gasteiger partial charge in [0.1, 0.15) is 16.3 Å². The van der Waals surface area contributed by atoms with Crippen LogP contribution < -0.4 is 15.6 Å². The molecule has 0 saturated carbocycles. The molecule has 170 valence electrons. The summed E-state index contributed by atoms with van der Waals surface area (Å²) in [5, 5.41) is 9.84. The Morgan fingerprint density at radius 1 is 1.06 bits per heavy atom. The van der Waals surface area contributed by atoms with Gasteiger partial charge in [-0.1, -0.05) is 47.4 Å². The molecule has 0 atom stereocenters.